The average molecular weight is 539 g/mol. The summed E-state index contributed by atoms with van der Waals surface area (Å²) in [6, 6.07) is 11.7. The molecule has 2 aromatic carbocycles. The Kier molecular flexibility index (Phi) is 19.6. The van der Waals surface area contributed by atoms with E-state index in [1.54, 1.807) is 36.1 Å². The van der Waals surface area contributed by atoms with E-state index in [1.807, 2.05) is 13.0 Å². The van der Waals surface area contributed by atoms with Gasteiger partial charge in [-0.3, -0.25) is 0 Å². The highest BCUT2D eigenvalue weighted by Gasteiger charge is 2.08. The van der Waals surface area contributed by atoms with Crippen molar-refractivity contribution in [2.75, 3.05) is 5.73 Å². The highest BCUT2D eigenvalue weighted by molar-refractivity contribution is 5.81. The Hall–Kier alpha value is -6.33. The molecule has 0 aliphatic rings. The van der Waals surface area contributed by atoms with Crippen LogP contribution in [0.1, 0.15) is 33.2 Å². The molecule has 0 aliphatic carbocycles. The number of fused-ring (bicyclic) bond motifs is 1. The SMILES string of the molecule is C.C.C#CC#CC#CC#CC#CC#CC#CC.Cc1nc2ccc(N)cc2nc1-c1ccc(F)cc1.[HH].[HH].[HH].[HH].[N-]=[N+]=NF. The number of halogens is 2. The van der Waals surface area contributed by atoms with Gasteiger partial charge in [0.2, 0.25) is 0 Å². The standard InChI is InChI=1S/C15H12FN3.C15H4.2CH4.FN3.4H2/c1-9-15(10-2-4-11(16)5-3-10)19-14-8-12(17)6-7-13(14)18-9;1-3-5-7-9-11-13-15-14-12-10-8-6-4-2;;;1-3-4-2;;;;/h2-8H,17H2,1H3;1H,2H3;2*1H4;;4*1H. The van der Waals surface area contributed by atoms with Gasteiger partial charge in [-0.25, -0.2) is 14.4 Å². The number of nitrogens with zero attached hydrogens (tertiary/aromatic N) is 5. The Morgan fingerprint density at radius 1 is 0.850 bits per heavy atom. The molecule has 0 atom stereocenters. The van der Waals surface area contributed by atoms with Crippen molar-refractivity contribution in [2.24, 2.45) is 5.34 Å². The maximum absolute atomic E-state index is 13.0. The van der Waals surface area contributed by atoms with E-state index < -0.39 is 0 Å². The molecule has 0 unspecified atom stereocenters. The van der Waals surface area contributed by atoms with Crippen molar-refractivity contribution in [3.63, 3.8) is 0 Å². The number of azide groups is 1. The molecule has 40 heavy (non-hydrogen) atoms. The minimum Gasteiger partial charge on any atom is -0.399 e. The predicted octanol–water partition coefficient (Wildman–Crippen LogP) is 7.42. The zero-order valence-corrected chi connectivity index (χ0v) is 20.2. The van der Waals surface area contributed by atoms with Gasteiger partial charge in [0.05, 0.1) is 22.4 Å². The molecular formula is C32H32F2N6. The molecule has 0 spiro atoms. The molecule has 2 N–H and O–H groups in total. The predicted molar refractivity (Wildman–Crippen MR) is 167 cm³/mol. The van der Waals surface area contributed by atoms with Gasteiger partial charge in [0.25, 0.3) is 0 Å². The van der Waals surface area contributed by atoms with Crippen LogP contribution >= 0.6 is 0 Å². The number of hydrogen-bond acceptors (Lipinski definition) is 4. The zero-order valence-electron chi connectivity index (χ0n) is 20.2. The molecule has 0 saturated carbocycles. The van der Waals surface area contributed by atoms with Gasteiger partial charge in [-0.2, -0.15) is 0 Å². The number of nitrogens with two attached hydrogens (primary N) is 1. The van der Waals surface area contributed by atoms with E-state index in [1.165, 1.54) is 17.5 Å². The van der Waals surface area contributed by atoms with Crippen molar-refractivity contribution in [1.82, 2.24) is 9.97 Å². The van der Waals surface area contributed by atoms with Crippen LogP contribution in [0, 0.1) is 96.1 Å². The van der Waals surface area contributed by atoms with Gasteiger partial charge in [-0.05, 0) is 133 Å². The summed E-state index contributed by atoms with van der Waals surface area (Å²) in [4.78, 5) is 10.8. The number of rotatable bonds is 1. The van der Waals surface area contributed by atoms with Gasteiger partial charge in [-0.1, -0.05) is 20.8 Å². The molecule has 0 saturated heterocycles. The Morgan fingerprint density at radius 3 is 1.82 bits per heavy atom. The summed E-state index contributed by atoms with van der Waals surface area (Å²) in [7, 11) is 0. The van der Waals surface area contributed by atoms with Gasteiger partial charge in [0, 0.05) is 21.9 Å². The number of nitrogen functional groups attached to an aromatic ring is 1. The molecule has 0 radical (unpaired) electrons. The van der Waals surface area contributed by atoms with Crippen LogP contribution in [0.5, 0.6) is 0 Å². The first-order valence-corrected chi connectivity index (χ1v) is 10.3. The molecule has 0 amide bonds. The highest BCUT2D eigenvalue weighted by atomic mass is 19.2. The summed E-state index contributed by atoms with van der Waals surface area (Å²) in [5, 5.41) is 1.42. The Balaban J connectivity index is -0.000000133. The average Bonchev–Trinajstić information content (AvgIpc) is 2.92. The number of aryl methyl sites for hydroxylation is 1. The maximum atomic E-state index is 13.0. The largest absolute Gasteiger partial charge is 0.399 e. The second-order valence-corrected chi connectivity index (χ2v) is 6.35. The van der Waals surface area contributed by atoms with Gasteiger partial charge < -0.3 is 5.73 Å². The maximum Gasteiger partial charge on any atom is 0.123 e. The molecule has 0 fully saturated rings. The van der Waals surface area contributed by atoms with Crippen LogP contribution in [0.15, 0.2) is 47.8 Å². The van der Waals surface area contributed by atoms with Crippen molar-refractivity contribution in [1.29, 1.82) is 0 Å². The molecule has 8 heteroatoms. The van der Waals surface area contributed by atoms with Crippen LogP contribution in [-0.2, 0) is 0 Å². The Bertz CT molecular complexity index is 1780. The lowest BCUT2D eigenvalue weighted by Crippen LogP contribution is -1.95. The van der Waals surface area contributed by atoms with Crippen molar-refractivity contribution >= 4 is 16.7 Å². The first kappa shape index (κ1) is 35.8. The van der Waals surface area contributed by atoms with E-state index >= 15 is 0 Å². The summed E-state index contributed by atoms with van der Waals surface area (Å²) in [6.45, 7) is 3.59. The first-order chi connectivity index (χ1) is 18.5. The lowest BCUT2D eigenvalue weighted by Gasteiger charge is -2.07. The summed E-state index contributed by atoms with van der Waals surface area (Å²) in [5.74, 6) is 31.7. The number of terminal acetylenes is 1. The van der Waals surface area contributed by atoms with E-state index in [0.717, 1.165) is 28.0 Å². The molecule has 204 valence electrons. The summed E-state index contributed by atoms with van der Waals surface area (Å²) < 4.78 is 22.9. The molecule has 3 rings (SSSR count). The van der Waals surface area contributed by atoms with Crippen LogP contribution < -0.4 is 5.73 Å². The molecule has 6 nitrogen and oxygen atoms in total. The van der Waals surface area contributed by atoms with Crippen LogP contribution in [0.3, 0.4) is 0 Å². The Labute approximate surface area is 240 Å². The quantitative estimate of drug-likeness (QED) is 0.115. The monoisotopic (exact) mass is 538 g/mol. The van der Waals surface area contributed by atoms with Crippen LogP contribution in [-0.4, -0.2) is 9.97 Å². The number of benzene rings is 2. The van der Waals surface area contributed by atoms with Crippen molar-refractivity contribution in [2.45, 2.75) is 28.7 Å². The van der Waals surface area contributed by atoms with Crippen LogP contribution in [0.2, 0.25) is 0 Å². The fourth-order valence-electron chi connectivity index (χ4n) is 2.42. The number of anilines is 1. The van der Waals surface area contributed by atoms with E-state index in [2.05, 4.69) is 86.9 Å². The zero-order chi connectivity index (χ0) is 28.0. The fraction of sp³-hybridized carbons (Fsp3) is 0.125. The third-order valence-electron chi connectivity index (χ3n) is 3.84. The van der Waals surface area contributed by atoms with Gasteiger partial charge in [-0.15, -0.1) is 10.9 Å². The minimum atomic E-state index is -0.264. The summed E-state index contributed by atoms with van der Waals surface area (Å²) >= 11 is 0. The normalized spacial score (nSPS) is 6.97. The number of hydrogen-bond donors (Lipinski definition) is 1. The van der Waals surface area contributed by atoms with E-state index in [0.29, 0.717) is 5.69 Å². The molecule has 0 bridgehead atoms. The third kappa shape index (κ3) is 14.3. The Morgan fingerprint density at radius 2 is 1.35 bits per heavy atom. The highest BCUT2D eigenvalue weighted by Crippen LogP contribution is 2.24. The third-order valence-corrected chi connectivity index (χ3v) is 3.84. The van der Waals surface area contributed by atoms with Crippen molar-refractivity contribution in [3.05, 3.63) is 64.4 Å². The van der Waals surface area contributed by atoms with Gasteiger partial charge >= 0.3 is 0 Å². The summed E-state index contributed by atoms with van der Waals surface area (Å²) in [5.41, 5.74) is 17.3. The minimum absolute atomic E-state index is 0. The number of aromatic nitrogens is 2. The first-order valence-electron chi connectivity index (χ1n) is 10.3. The smallest absolute Gasteiger partial charge is 0.123 e. The van der Waals surface area contributed by atoms with E-state index in [-0.39, 0.29) is 26.4 Å². The lowest BCUT2D eigenvalue weighted by molar-refractivity contribution is 0.525. The second-order valence-electron chi connectivity index (χ2n) is 6.35. The van der Waals surface area contributed by atoms with Crippen molar-refractivity contribution in [3.8, 4) is 94.6 Å². The fourth-order valence-corrected chi connectivity index (χ4v) is 2.42. The molecule has 1 aromatic heterocycles. The van der Waals surface area contributed by atoms with Gasteiger partial charge in [0.15, 0.2) is 0 Å². The topological polar surface area (TPSA) is 101 Å². The molecule has 3 aromatic rings. The summed E-state index contributed by atoms with van der Waals surface area (Å²) in [6.07, 6.45) is 4.87. The van der Waals surface area contributed by atoms with Crippen LogP contribution in [0.25, 0.3) is 32.7 Å². The van der Waals surface area contributed by atoms with Crippen molar-refractivity contribution < 1.29 is 14.6 Å². The van der Waals surface area contributed by atoms with E-state index in [9.17, 15) is 8.87 Å². The molecule has 1 heterocycles. The second kappa shape index (κ2) is 21.9. The van der Waals surface area contributed by atoms with Gasteiger partial charge in [0.1, 0.15) is 11.2 Å². The molecule has 0 aliphatic heterocycles. The van der Waals surface area contributed by atoms with E-state index in [4.69, 9.17) is 17.7 Å². The molecular weight excluding hydrogens is 506 g/mol. The van der Waals surface area contributed by atoms with Crippen LogP contribution in [0.4, 0.5) is 14.6 Å². The lowest BCUT2D eigenvalue weighted by atomic mass is 10.1.